The van der Waals surface area contributed by atoms with E-state index in [4.69, 9.17) is 23.1 Å². The van der Waals surface area contributed by atoms with Crippen LogP contribution in [0.25, 0.3) is 0 Å². The Hall–Kier alpha value is -1.11. The van der Waals surface area contributed by atoms with Crippen LogP contribution in [0, 0.1) is 0 Å². The van der Waals surface area contributed by atoms with E-state index < -0.39 is 27.5 Å². The minimum absolute atomic E-state index is 0.0478. The number of carbonyl (C=O) groups is 1. The van der Waals surface area contributed by atoms with Gasteiger partial charge < -0.3 is 11.5 Å². The molecule has 1 rings (SSSR count). The summed E-state index contributed by atoms with van der Waals surface area (Å²) in [5.74, 6) is -1.41. The Morgan fingerprint density at radius 3 is 2.44 bits per heavy atom. The van der Waals surface area contributed by atoms with Gasteiger partial charge in [-0.3, -0.25) is 4.79 Å². The van der Waals surface area contributed by atoms with Gasteiger partial charge in [-0.15, -0.1) is 0 Å². The van der Waals surface area contributed by atoms with E-state index in [1.165, 1.54) is 18.2 Å². The van der Waals surface area contributed by atoms with Gasteiger partial charge in [0.25, 0.3) is 0 Å². The standard InChI is InChI=1S/C9H11ClN2O3S/c10-6-3-1-2-4-8(6)16(14,15)5-7(11)9(12)13/h1-4,7H,5,11H2,(H2,12,13). The summed E-state index contributed by atoms with van der Waals surface area (Å²) < 4.78 is 23.6. The van der Waals surface area contributed by atoms with Crippen LogP contribution in [-0.2, 0) is 14.6 Å². The van der Waals surface area contributed by atoms with E-state index in [1.54, 1.807) is 6.07 Å². The number of rotatable bonds is 4. The molecule has 7 heteroatoms. The highest BCUT2D eigenvalue weighted by atomic mass is 35.5. The van der Waals surface area contributed by atoms with Gasteiger partial charge in [-0.2, -0.15) is 0 Å². The van der Waals surface area contributed by atoms with Crippen LogP contribution in [0.15, 0.2) is 29.2 Å². The summed E-state index contributed by atoms with van der Waals surface area (Å²) in [4.78, 5) is 10.6. The Bertz CT molecular complexity index is 501. The molecule has 0 aromatic heterocycles. The number of nitrogens with two attached hydrogens (primary N) is 2. The molecule has 1 aromatic carbocycles. The minimum Gasteiger partial charge on any atom is -0.368 e. The number of primary amides is 1. The van der Waals surface area contributed by atoms with Crippen molar-refractivity contribution in [2.45, 2.75) is 10.9 Å². The number of hydrogen-bond donors (Lipinski definition) is 2. The summed E-state index contributed by atoms with van der Waals surface area (Å²) >= 11 is 5.74. The van der Waals surface area contributed by atoms with Crippen molar-refractivity contribution >= 4 is 27.3 Å². The number of carbonyl (C=O) groups excluding carboxylic acids is 1. The summed E-state index contributed by atoms with van der Waals surface area (Å²) in [5, 5.41) is 0.0965. The van der Waals surface area contributed by atoms with Crippen LogP contribution in [0.3, 0.4) is 0 Å². The maximum Gasteiger partial charge on any atom is 0.235 e. The van der Waals surface area contributed by atoms with Crippen molar-refractivity contribution in [1.82, 2.24) is 0 Å². The van der Waals surface area contributed by atoms with Crippen LogP contribution in [0.5, 0.6) is 0 Å². The second-order valence-corrected chi connectivity index (χ2v) is 5.63. The van der Waals surface area contributed by atoms with Gasteiger partial charge in [0.15, 0.2) is 9.84 Å². The fourth-order valence-corrected chi connectivity index (χ4v) is 3.06. The van der Waals surface area contributed by atoms with Gasteiger partial charge in [-0.1, -0.05) is 23.7 Å². The van der Waals surface area contributed by atoms with E-state index in [1.807, 2.05) is 0 Å². The van der Waals surface area contributed by atoms with Crippen molar-refractivity contribution in [2.75, 3.05) is 5.75 Å². The fraction of sp³-hybridized carbons (Fsp3) is 0.222. The Labute approximate surface area is 98.3 Å². The number of amides is 1. The first-order valence-electron chi connectivity index (χ1n) is 4.37. The Balaban J connectivity index is 3.04. The maximum atomic E-state index is 11.8. The summed E-state index contributed by atoms with van der Waals surface area (Å²) in [6, 6.07) is 4.71. The molecule has 1 aromatic rings. The second kappa shape index (κ2) is 4.82. The normalized spacial score (nSPS) is 13.4. The molecule has 0 spiro atoms. The summed E-state index contributed by atoms with van der Waals surface area (Å²) in [5.41, 5.74) is 10.2. The van der Waals surface area contributed by atoms with Gasteiger partial charge in [0, 0.05) is 0 Å². The van der Waals surface area contributed by atoms with E-state index in [0.29, 0.717) is 0 Å². The molecule has 0 aliphatic carbocycles. The van der Waals surface area contributed by atoms with Crippen LogP contribution in [0.2, 0.25) is 5.02 Å². The van der Waals surface area contributed by atoms with Gasteiger partial charge in [0.2, 0.25) is 5.91 Å². The van der Waals surface area contributed by atoms with Crippen LogP contribution < -0.4 is 11.5 Å². The molecule has 4 N–H and O–H groups in total. The molecule has 16 heavy (non-hydrogen) atoms. The second-order valence-electron chi connectivity index (χ2n) is 3.22. The summed E-state index contributed by atoms with van der Waals surface area (Å²) in [6.07, 6.45) is 0. The average Bonchev–Trinajstić information content (AvgIpc) is 2.17. The Morgan fingerprint density at radius 1 is 1.38 bits per heavy atom. The molecule has 0 fully saturated rings. The molecular formula is C9H11ClN2O3S. The lowest BCUT2D eigenvalue weighted by Gasteiger charge is -2.09. The van der Waals surface area contributed by atoms with E-state index >= 15 is 0 Å². The molecule has 0 saturated heterocycles. The predicted molar refractivity (Wildman–Crippen MR) is 60.7 cm³/mol. The lowest BCUT2D eigenvalue weighted by Crippen LogP contribution is -2.41. The zero-order chi connectivity index (χ0) is 12.3. The first kappa shape index (κ1) is 13.0. The van der Waals surface area contributed by atoms with Crippen molar-refractivity contribution in [3.05, 3.63) is 29.3 Å². The van der Waals surface area contributed by atoms with Crippen molar-refractivity contribution in [3.63, 3.8) is 0 Å². The predicted octanol–water partition coefficient (Wildman–Crippen LogP) is -0.0737. The molecule has 0 bridgehead atoms. The largest absolute Gasteiger partial charge is 0.368 e. The number of benzene rings is 1. The molecule has 5 nitrogen and oxygen atoms in total. The van der Waals surface area contributed by atoms with Crippen molar-refractivity contribution in [3.8, 4) is 0 Å². The Kier molecular flexibility index (Phi) is 3.90. The molecule has 0 aliphatic heterocycles. The molecule has 1 unspecified atom stereocenters. The molecule has 0 heterocycles. The topological polar surface area (TPSA) is 103 Å². The Morgan fingerprint density at radius 2 is 1.94 bits per heavy atom. The van der Waals surface area contributed by atoms with Crippen LogP contribution in [-0.4, -0.2) is 26.1 Å². The lowest BCUT2D eigenvalue weighted by atomic mass is 10.3. The molecule has 0 aliphatic rings. The fourth-order valence-electron chi connectivity index (χ4n) is 1.11. The minimum atomic E-state index is -3.69. The van der Waals surface area contributed by atoms with Gasteiger partial charge in [0.1, 0.15) is 0 Å². The highest BCUT2D eigenvalue weighted by Crippen LogP contribution is 2.21. The summed E-state index contributed by atoms with van der Waals surface area (Å²) in [7, 11) is -3.69. The van der Waals surface area contributed by atoms with Crippen molar-refractivity contribution < 1.29 is 13.2 Å². The average molecular weight is 263 g/mol. The number of hydrogen-bond acceptors (Lipinski definition) is 4. The first-order chi connectivity index (χ1) is 7.34. The lowest BCUT2D eigenvalue weighted by molar-refractivity contribution is -0.118. The van der Waals surface area contributed by atoms with E-state index in [9.17, 15) is 13.2 Å². The van der Waals surface area contributed by atoms with Gasteiger partial charge in [0.05, 0.1) is 21.7 Å². The van der Waals surface area contributed by atoms with Crippen LogP contribution in [0.1, 0.15) is 0 Å². The SMILES string of the molecule is NC(=O)C(N)CS(=O)(=O)c1ccccc1Cl. The maximum absolute atomic E-state index is 11.8. The van der Waals surface area contributed by atoms with Gasteiger partial charge in [-0.05, 0) is 12.1 Å². The van der Waals surface area contributed by atoms with Crippen molar-refractivity contribution in [2.24, 2.45) is 11.5 Å². The highest BCUT2D eigenvalue weighted by molar-refractivity contribution is 7.91. The third-order valence-electron chi connectivity index (χ3n) is 1.94. The molecule has 0 radical (unpaired) electrons. The molecule has 0 saturated carbocycles. The molecule has 1 atom stereocenters. The zero-order valence-electron chi connectivity index (χ0n) is 8.26. The molecule has 88 valence electrons. The zero-order valence-corrected chi connectivity index (χ0v) is 9.83. The number of sulfone groups is 1. The van der Waals surface area contributed by atoms with E-state index in [0.717, 1.165) is 0 Å². The van der Waals surface area contributed by atoms with E-state index in [-0.39, 0.29) is 9.92 Å². The monoisotopic (exact) mass is 262 g/mol. The van der Waals surface area contributed by atoms with Crippen LogP contribution >= 0.6 is 11.6 Å². The van der Waals surface area contributed by atoms with Gasteiger partial charge in [-0.25, -0.2) is 8.42 Å². The number of halogens is 1. The molecular weight excluding hydrogens is 252 g/mol. The molecule has 1 amide bonds. The third kappa shape index (κ3) is 2.94. The third-order valence-corrected chi connectivity index (χ3v) is 4.20. The first-order valence-corrected chi connectivity index (χ1v) is 6.40. The van der Waals surface area contributed by atoms with Gasteiger partial charge >= 0.3 is 0 Å². The quantitative estimate of drug-likeness (QED) is 0.792. The smallest absolute Gasteiger partial charge is 0.235 e. The summed E-state index contributed by atoms with van der Waals surface area (Å²) in [6.45, 7) is 0. The van der Waals surface area contributed by atoms with E-state index in [2.05, 4.69) is 0 Å². The highest BCUT2D eigenvalue weighted by Gasteiger charge is 2.23. The van der Waals surface area contributed by atoms with Crippen molar-refractivity contribution in [1.29, 1.82) is 0 Å². The van der Waals surface area contributed by atoms with Crippen LogP contribution in [0.4, 0.5) is 0 Å².